The Hall–Kier alpha value is -2.38. The van der Waals surface area contributed by atoms with Gasteiger partial charge in [0.05, 0.1) is 11.3 Å². The molecule has 4 aliphatic rings. The molecule has 4 unspecified atom stereocenters. The van der Waals surface area contributed by atoms with Crippen molar-refractivity contribution < 1.29 is 38.9 Å². The summed E-state index contributed by atoms with van der Waals surface area (Å²) in [5, 5.41) is 15.0. The SMILES string of the molecule is C1=CC2CCC1C2.CC12CCCCC1C(=O)OC2=O.O=C(O)OC(=O)O. The average Bonchev–Trinajstić information content (AvgIpc) is 3.24. The first-order valence-corrected chi connectivity index (χ1v) is 8.80. The molecule has 2 N–H and O–H groups in total. The molecule has 0 aromatic carbocycles. The molecule has 3 fully saturated rings. The van der Waals surface area contributed by atoms with E-state index in [0.29, 0.717) is 0 Å². The summed E-state index contributed by atoms with van der Waals surface area (Å²) in [5.41, 5.74) is -0.491. The Labute approximate surface area is 151 Å². The van der Waals surface area contributed by atoms with Gasteiger partial charge in [-0.2, -0.15) is 0 Å². The number of allylic oxidation sites excluding steroid dienone is 2. The molecule has 144 valence electrons. The van der Waals surface area contributed by atoms with Gasteiger partial charge in [0.15, 0.2) is 0 Å². The van der Waals surface area contributed by atoms with Crippen LogP contribution in [0.4, 0.5) is 9.59 Å². The summed E-state index contributed by atoms with van der Waals surface area (Å²) in [6, 6.07) is 0. The van der Waals surface area contributed by atoms with Crippen molar-refractivity contribution in [3.63, 3.8) is 0 Å². The van der Waals surface area contributed by atoms with Gasteiger partial charge in [-0.25, -0.2) is 9.59 Å². The molecular formula is C18H24O8. The third-order valence-corrected chi connectivity index (χ3v) is 5.50. The van der Waals surface area contributed by atoms with E-state index in [0.717, 1.165) is 37.5 Å². The fourth-order valence-electron chi connectivity index (χ4n) is 4.03. The molecule has 8 nitrogen and oxygen atoms in total. The zero-order valence-corrected chi connectivity index (χ0v) is 14.7. The number of cyclic esters (lactones) is 2. The monoisotopic (exact) mass is 368 g/mol. The molecule has 0 aromatic heterocycles. The van der Waals surface area contributed by atoms with Crippen molar-refractivity contribution in [2.75, 3.05) is 0 Å². The molecule has 0 aromatic rings. The highest BCUT2D eigenvalue weighted by molar-refractivity contribution is 5.99. The van der Waals surface area contributed by atoms with E-state index >= 15 is 0 Å². The van der Waals surface area contributed by atoms with Crippen LogP contribution in [0.1, 0.15) is 51.9 Å². The second-order valence-corrected chi connectivity index (χ2v) is 7.28. The Kier molecular flexibility index (Phi) is 6.39. The van der Waals surface area contributed by atoms with Crippen molar-refractivity contribution >= 4 is 24.2 Å². The van der Waals surface area contributed by atoms with Gasteiger partial charge in [-0.3, -0.25) is 9.59 Å². The molecular weight excluding hydrogens is 344 g/mol. The van der Waals surface area contributed by atoms with Crippen molar-refractivity contribution in [3.8, 4) is 0 Å². The molecule has 2 bridgehead atoms. The normalized spacial score (nSPS) is 33.2. The minimum absolute atomic E-state index is 0.154. The fraction of sp³-hybridized carbons (Fsp3) is 0.667. The Morgan fingerprint density at radius 1 is 1.08 bits per heavy atom. The molecule has 26 heavy (non-hydrogen) atoms. The second kappa shape index (κ2) is 8.33. The van der Waals surface area contributed by atoms with Gasteiger partial charge in [0.25, 0.3) is 0 Å². The van der Waals surface area contributed by atoms with E-state index in [-0.39, 0.29) is 17.9 Å². The van der Waals surface area contributed by atoms with E-state index in [4.69, 9.17) is 10.2 Å². The van der Waals surface area contributed by atoms with E-state index in [2.05, 4.69) is 21.6 Å². The zero-order valence-electron chi connectivity index (χ0n) is 14.7. The minimum atomic E-state index is -1.81. The Morgan fingerprint density at radius 2 is 1.65 bits per heavy atom. The van der Waals surface area contributed by atoms with Gasteiger partial charge < -0.3 is 19.7 Å². The second-order valence-electron chi connectivity index (χ2n) is 7.28. The van der Waals surface area contributed by atoms with Crippen molar-refractivity contribution in [2.45, 2.75) is 51.9 Å². The maximum atomic E-state index is 11.3. The van der Waals surface area contributed by atoms with Crippen molar-refractivity contribution in [2.24, 2.45) is 23.2 Å². The van der Waals surface area contributed by atoms with E-state index in [9.17, 15) is 19.2 Å². The van der Waals surface area contributed by atoms with Crippen LogP contribution in [0.3, 0.4) is 0 Å². The van der Waals surface area contributed by atoms with Crippen LogP contribution < -0.4 is 0 Å². The number of rotatable bonds is 0. The number of esters is 2. The number of hydrogen-bond acceptors (Lipinski definition) is 6. The van der Waals surface area contributed by atoms with Crippen LogP contribution in [0, 0.1) is 23.2 Å². The molecule has 0 spiro atoms. The van der Waals surface area contributed by atoms with Crippen LogP contribution >= 0.6 is 0 Å². The third kappa shape index (κ3) is 4.83. The van der Waals surface area contributed by atoms with Gasteiger partial charge >= 0.3 is 24.2 Å². The van der Waals surface area contributed by atoms with Gasteiger partial charge in [-0.15, -0.1) is 0 Å². The highest BCUT2D eigenvalue weighted by Crippen LogP contribution is 2.46. The summed E-state index contributed by atoms with van der Waals surface area (Å²) in [6.45, 7) is 1.85. The highest BCUT2D eigenvalue weighted by Gasteiger charge is 2.54. The molecule has 1 heterocycles. The molecule has 0 amide bonds. The van der Waals surface area contributed by atoms with Crippen LogP contribution in [0.15, 0.2) is 12.2 Å². The number of fused-ring (bicyclic) bond motifs is 3. The maximum absolute atomic E-state index is 11.3. The smallest absolute Gasteiger partial charge is 0.449 e. The standard InChI is InChI=1S/C9H12O3.C7H10.C2H2O5/c1-9-5-3-2-4-6(9)7(10)12-8(9)11;1-2-7-4-3-6(1)5-7;3-1(4)7-2(5)6/h6H,2-5H2,1H3;1-2,6-7H,3-5H2;(H,3,4)(H,5,6). The Balaban J connectivity index is 0.000000150. The molecule has 2 saturated carbocycles. The van der Waals surface area contributed by atoms with Crippen LogP contribution in [0.5, 0.6) is 0 Å². The lowest BCUT2D eigenvalue weighted by Gasteiger charge is -2.29. The van der Waals surface area contributed by atoms with Crippen LogP contribution in [-0.4, -0.2) is 34.5 Å². The molecule has 3 aliphatic carbocycles. The summed E-state index contributed by atoms with van der Waals surface area (Å²) in [7, 11) is 0. The van der Waals surface area contributed by atoms with Crippen LogP contribution in [0.2, 0.25) is 0 Å². The molecule has 4 atom stereocenters. The summed E-state index contributed by atoms with van der Waals surface area (Å²) < 4.78 is 7.72. The Morgan fingerprint density at radius 3 is 2.00 bits per heavy atom. The van der Waals surface area contributed by atoms with Crippen LogP contribution in [-0.2, 0) is 19.1 Å². The lowest BCUT2D eigenvalue weighted by molar-refractivity contribution is -0.155. The predicted molar refractivity (Wildman–Crippen MR) is 88.3 cm³/mol. The van der Waals surface area contributed by atoms with E-state index in [1.807, 2.05) is 6.92 Å². The topological polar surface area (TPSA) is 127 Å². The van der Waals surface area contributed by atoms with Gasteiger partial charge in [-0.1, -0.05) is 25.0 Å². The first-order valence-electron chi connectivity index (χ1n) is 8.80. The van der Waals surface area contributed by atoms with Gasteiger partial charge in [-0.05, 0) is 50.9 Å². The number of carboxylic acid groups (broad SMARTS) is 2. The lowest BCUT2D eigenvalue weighted by Crippen LogP contribution is -2.33. The minimum Gasteiger partial charge on any atom is -0.449 e. The largest absolute Gasteiger partial charge is 0.516 e. The molecule has 4 rings (SSSR count). The number of ether oxygens (including phenoxy) is 2. The van der Waals surface area contributed by atoms with Crippen LogP contribution in [0.25, 0.3) is 0 Å². The quantitative estimate of drug-likeness (QED) is 0.377. The lowest BCUT2D eigenvalue weighted by atomic mass is 9.69. The highest BCUT2D eigenvalue weighted by atomic mass is 16.7. The molecule has 1 saturated heterocycles. The van der Waals surface area contributed by atoms with Crippen molar-refractivity contribution in [3.05, 3.63) is 12.2 Å². The molecule has 1 aliphatic heterocycles. The maximum Gasteiger partial charge on any atom is 0.516 e. The zero-order chi connectivity index (χ0) is 19.3. The summed E-state index contributed by atoms with van der Waals surface area (Å²) in [6.07, 6.45) is 9.27. The summed E-state index contributed by atoms with van der Waals surface area (Å²) in [5.74, 6) is 1.22. The van der Waals surface area contributed by atoms with E-state index < -0.39 is 17.7 Å². The number of carbonyl (C=O) groups is 4. The first kappa shape index (κ1) is 19.9. The average molecular weight is 368 g/mol. The van der Waals surface area contributed by atoms with Gasteiger partial charge in [0.2, 0.25) is 0 Å². The first-order chi connectivity index (χ1) is 12.2. The van der Waals surface area contributed by atoms with Gasteiger partial charge in [0.1, 0.15) is 0 Å². The molecule has 0 radical (unpaired) electrons. The fourth-order valence-corrected chi connectivity index (χ4v) is 4.03. The van der Waals surface area contributed by atoms with E-state index in [1.54, 1.807) is 0 Å². The molecule has 8 heteroatoms. The predicted octanol–water partition coefficient (Wildman–Crippen LogP) is 3.60. The Bertz CT molecular complexity index is 586. The summed E-state index contributed by atoms with van der Waals surface area (Å²) >= 11 is 0. The van der Waals surface area contributed by atoms with Gasteiger partial charge in [0, 0.05) is 0 Å². The third-order valence-electron chi connectivity index (χ3n) is 5.50. The van der Waals surface area contributed by atoms with E-state index in [1.165, 1.54) is 19.3 Å². The number of hydrogen-bond donors (Lipinski definition) is 2. The van der Waals surface area contributed by atoms with Crippen molar-refractivity contribution in [1.29, 1.82) is 0 Å². The summed E-state index contributed by atoms with van der Waals surface area (Å²) in [4.78, 5) is 40.9. The van der Waals surface area contributed by atoms with Crippen molar-refractivity contribution in [1.82, 2.24) is 0 Å². The number of carbonyl (C=O) groups excluding carboxylic acids is 2.